The SMILES string of the molecule is COC(=O)C1CCCN1c1cnccn1. The number of methoxy groups -OCH3 is 1. The molecule has 1 unspecified atom stereocenters. The number of carbonyl (C=O) groups is 1. The van der Waals surface area contributed by atoms with E-state index >= 15 is 0 Å². The highest BCUT2D eigenvalue weighted by atomic mass is 16.5. The number of anilines is 1. The van der Waals surface area contributed by atoms with Gasteiger partial charge in [0.05, 0.1) is 13.3 Å². The Labute approximate surface area is 88.1 Å². The minimum Gasteiger partial charge on any atom is -0.467 e. The number of hydrogen-bond acceptors (Lipinski definition) is 5. The smallest absolute Gasteiger partial charge is 0.328 e. The first-order valence-corrected chi connectivity index (χ1v) is 4.93. The summed E-state index contributed by atoms with van der Waals surface area (Å²) in [5, 5.41) is 0. The van der Waals surface area contributed by atoms with E-state index in [4.69, 9.17) is 4.74 Å². The van der Waals surface area contributed by atoms with Gasteiger partial charge in [-0.2, -0.15) is 0 Å². The molecule has 0 aliphatic carbocycles. The van der Waals surface area contributed by atoms with Crippen LogP contribution in [0.2, 0.25) is 0 Å². The Morgan fingerprint density at radius 1 is 1.60 bits per heavy atom. The predicted molar refractivity (Wildman–Crippen MR) is 54.4 cm³/mol. The molecular weight excluding hydrogens is 194 g/mol. The van der Waals surface area contributed by atoms with Crippen LogP contribution in [0.5, 0.6) is 0 Å². The highest BCUT2D eigenvalue weighted by Gasteiger charge is 2.32. The third-order valence-corrected chi connectivity index (χ3v) is 2.57. The molecule has 5 heteroatoms. The Morgan fingerprint density at radius 2 is 2.47 bits per heavy atom. The van der Waals surface area contributed by atoms with Crippen molar-refractivity contribution < 1.29 is 9.53 Å². The molecule has 80 valence electrons. The van der Waals surface area contributed by atoms with Crippen LogP contribution in [0.4, 0.5) is 5.82 Å². The number of esters is 1. The van der Waals surface area contributed by atoms with Gasteiger partial charge in [0.25, 0.3) is 0 Å². The molecule has 1 saturated heterocycles. The van der Waals surface area contributed by atoms with Crippen molar-refractivity contribution in [3.63, 3.8) is 0 Å². The van der Waals surface area contributed by atoms with E-state index in [0.29, 0.717) is 0 Å². The van der Waals surface area contributed by atoms with E-state index in [1.54, 1.807) is 18.6 Å². The highest BCUT2D eigenvalue weighted by molar-refractivity contribution is 5.80. The molecule has 5 nitrogen and oxygen atoms in total. The summed E-state index contributed by atoms with van der Waals surface area (Å²) >= 11 is 0. The van der Waals surface area contributed by atoms with Crippen molar-refractivity contribution in [1.82, 2.24) is 9.97 Å². The van der Waals surface area contributed by atoms with E-state index in [2.05, 4.69) is 9.97 Å². The van der Waals surface area contributed by atoms with Crippen molar-refractivity contribution in [3.8, 4) is 0 Å². The minimum atomic E-state index is -0.202. The number of hydrogen-bond donors (Lipinski definition) is 0. The van der Waals surface area contributed by atoms with Gasteiger partial charge in [-0.15, -0.1) is 0 Å². The summed E-state index contributed by atoms with van der Waals surface area (Å²) < 4.78 is 4.76. The maximum atomic E-state index is 11.5. The van der Waals surface area contributed by atoms with Gasteiger partial charge in [-0.25, -0.2) is 9.78 Å². The monoisotopic (exact) mass is 207 g/mol. The van der Waals surface area contributed by atoms with Crippen LogP contribution in [0.25, 0.3) is 0 Å². The predicted octanol–water partition coefficient (Wildman–Crippen LogP) is 0.618. The second-order valence-corrected chi connectivity index (χ2v) is 3.44. The van der Waals surface area contributed by atoms with Gasteiger partial charge in [0, 0.05) is 18.9 Å². The molecule has 1 aromatic rings. The second kappa shape index (κ2) is 4.25. The van der Waals surface area contributed by atoms with E-state index in [0.717, 1.165) is 25.2 Å². The van der Waals surface area contributed by atoms with Gasteiger partial charge in [-0.1, -0.05) is 0 Å². The molecule has 1 fully saturated rings. The van der Waals surface area contributed by atoms with Gasteiger partial charge in [0.15, 0.2) is 0 Å². The normalized spacial score (nSPS) is 20.3. The fraction of sp³-hybridized carbons (Fsp3) is 0.500. The first-order chi connectivity index (χ1) is 7.33. The van der Waals surface area contributed by atoms with Crippen LogP contribution < -0.4 is 4.90 Å². The molecule has 0 saturated carbocycles. The van der Waals surface area contributed by atoms with Crippen LogP contribution in [-0.4, -0.2) is 35.6 Å². The summed E-state index contributed by atoms with van der Waals surface area (Å²) in [4.78, 5) is 21.6. The fourth-order valence-corrected chi connectivity index (χ4v) is 1.86. The largest absolute Gasteiger partial charge is 0.467 e. The number of carbonyl (C=O) groups excluding carboxylic acids is 1. The molecule has 1 aromatic heterocycles. The van der Waals surface area contributed by atoms with Crippen molar-refractivity contribution in [2.45, 2.75) is 18.9 Å². The van der Waals surface area contributed by atoms with E-state index in [1.165, 1.54) is 7.11 Å². The Balaban J connectivity index is 2.18. The summed E-state index contributed by atoms with van der Waals surface area (Å²) in [6.45, 7) is 0.832. The maximum Gasteiger partial charge on any atom is 0.328 e. The molecule has 0 amide bonds. The van der Waals surface area contributed by atoms with Crippen molar-refractivity contribution in [2.24, 2.45) is 0 Å². The van der Waals surface area contributed by atoms with Crippen LogP contribution in [0.3, 0.4) is 0 Å². The molecule has 0 spiro atoms. The fourth-order valence-electron chi connectivity index (χ4n) is 1.86. The quantitative estimate of drug-likeness (QED) is 0.665. The summed E-state index contributed by atoms with van der Waals surface area (Å²) in [5.74, 6) is 0.545. The minimum absolute atomic E-state index is 0.196. The number of ether oxygens (including phenoxy) is 1. The van der Waals surface area contributed by atoms with Crippen molar-refractivity contribution in [2.75, 3.05) is 18.6 Å². The number of rotatable bonds is 2. The summed E-state index contributed by atoms with van der Waals surface area (Å²) in [5.41, 5.74) is 0. The third kappa shape index (κ3) is 1.91. The lowest BCUT2D eigenvalue weighted by molar-refractivity contribution is -0.141. The maximum absolute atomic E-state index is 11.5. The first-order valence-electron chi connectivity index (χ1n) is 4.93. The molecule has 1 atom stereocenters. The number of nitrogens with zero attached hydrogens (tertiary/aromatic N) is 3. The van der Waals surface area contributed by atoms with Crippen LogP contribution in [0.1, 0.15) is 12.8 Å². The molecule has 1 aliphatic rings. The molecule has 0 radical (unpaired) electrons. The lowest BCUT2D eigenvalue weighted by Crippen LogP contribution is -2.37. The Kier molecular flexibility index (Phi) is 2.80. The van der Waals surface area contributed by atoms with Crippen LogP contribution in [0.15, 0.2) is 18.6 Å². The highest BCUT2D eigenvalue weighted by Crippen LogP contribution is 2.23. The van der Waals surface area contributed by atoms with Gasteiger partial charge in [0.1, 0.15) is 11.9 Å². The molecule has 0 N–H and O–H groups in total. The summed E-state index contributed by atoms with van der Waals surface area (Å²) in [6, 6.07) is -0.202. The molecule has 0 bridgehead atoms. The van der Waals surface area contributed by atoms with Crippen molar-refractivity contribution in [1.29, 1.82) is 0 Å². The summed E-state index contributed by atoms with van der Waals surface area (Å²) in [6.07, 6.45) is 6.72. The standard InChI is InChI=1S/C10H13N3O2/c1-15-10(14)8-3-2-6-13(8)9-7-11-4-5-12-9/h4-5,7-8H,2-3,6H2,1H3. The van der Waals surface area contributed by atoms with Crippen LogP contribution in [0, 0.1) is 0 Å². The van der Waals surface area contributed by atoms with E-state index in [-0.39, 0.29) is 12.0 Å². The van der Waals surface area contributed by atoms with Crippen molar-refractivity contribution >= 4 is 11.8 Å². The molecule has 0 aromatic carbocycles. The summed E-state index contributed by atoms with van der Waals surface area (Å²) in [7, 11) is 1.41. The lowest BCUT2D eigenvalue weighted by Gasteiger charge is -2.22. The van der Waals surface area contributed by atoms with E-state index in [1.807, 2.05) is 4.90 Å². The van der Waals surface area contributed by atoms with Gasteiger partial charge in [-0.3, -0.25) is 4.98 Å². The average molecular weight is 207 g/mol. The molecule has 15 heavy (non-hydrogen) atoms. The van der Waals surface area contributed by atoms with E-state index < -0.39 is 0 Å². The number of aromatic nitrogens is 2. The molecule has 2 heterocycles. The molecular formula is C10H13N3O2. The molecule has 2 rings (SSSR count). The van der Waals surface area contributed by atoms with Gasteiger partial charge < -0.3 is 9.64 Å². The topological polar surface area (TPSA) is 55.3 Å². The lowest BCUT2D eigenvalue weighted by atomic mass is 10.2. The zero-order chi connectivity index (χ0) is 10.7. The third-order valence-electron chi connectivity index (χ3n) is 2.57. The molecule has 1 aliphatic heterocycles. The van der Waals surface area contributed by atoms with Gasteiger partial charge in [-0.05, 0) is 12.8 Å². The van der Waals surface area contributed by atoms with E-state index in [9.17, 15) is 4.79 Å². The zero-order valence-electron chi connectivity index (χ0n) is 8.59. The van der Waals surface area contributed by atoms with Crippen molar-refractivity contribution in [3.05, 3.63) is 18.6 Å². The zero-order valence-corrected chi connectivity index (χ0v) is 8.59. The van der Waals surface area contributed by atoms with Crippen LogP contribution >= 0.6 is 0 Å². The Morgan fingerprint density at radius 3 is 3.13 bits per heavy atom. The second-order valence-electron chi connectivity index (χ2n) is 3.44. The van der Waals surface area contributed by atoms with Crippen LogP contribution in [-0.2, 0) is 9.53 Å². The Bertz CT molecular complexity index is 342. The average Bonchev–Trinajstić information content (AvgIpc) is 2.78. The van der Waals surface area contributed by atoms with Gasteiger partial charge in [0.2, 0.25) is 0 Å². The first kappa shape index (κ1) is 9.89. The van der Waals surface area contributed by atoms with Gasteiger partial charge >= 0.3 is 5.97 Å². The Hall–Kier alpha value is -1.65.